The zero-order valence-corrected chi connectivity index (χ0v) is 26.6. The molecule has 4 rings (SSSR count). The van der Waals surface area contributed by atoms with Crippen LogP contribution in [-0.2, 0) is 20.1 Å². The Hall–Kier alpha value is -3.98. The number of sulfonamides is 1. The normalized spacial score (nSPS) is 12.0. The Morgan fingerprint density at radius 2 is 1.30 bits per heavy atom. The fourth-order valence-corrected chi connectivity index (χ4v) is 7.11. The van der Waals surface area contributed by atoms with E-state index in [9.17, 15) is 26.2 Å². The molecule has 0 unspecified atom stereocenters. The third-order valence-corrected chi connectivity index (χ3v) is 9.80. The zero-order valence-electron chi connectivity index (χ0n) is 25.0. The van der Waals surface area contributed by atoms with Crippen LogP contribution in [0.3, 0.4) is 0 Å². The number of benzene rings is 3. The standard InChI is InChI=1S/C30H36N4O8S2/c1-5-33(6-2)20-9-12-23-26(17-20)42-27-18-21(34(7-3)8-4)10-13-24(27)29(23)25-14-11-22(19-28(25)44(39,40)41)43(37,38)32-16-15-31-30(35)36/h9-14,17-19,31-32H,5-8,15-16H2,1-4H3,(H-,35,36,39,40,41)/p+1. The Labute approximate surface area is 257 Å². The second-order valence-corrected chi connectivity index (χ2v) is 13.1. The molecule has 0 saturated carbocycles. The summed E-state index contributed by atoms with van der Waals surface area (Å²) in [6, 6.07) is 14.7. The van der Waals surface area contributed by atoms with Crippen LogP contribution < -0.4 is 19.8 Å². The van der Waals surface area contributed by atoms with Crippen molar-refractivity contribution < 1.29 is 35.7 Å². The Morgan fingerprint density at radius 1 is 0.773 bits per heavy atom. The van der Waals surface area contributed by atoms with Gasteiger partial charge in [0.15, 0.2) is 0 Å². The van der Waals surface area contributed by atoms with Gasteiger partial charge in [0.2, 0.25) is 10.0 Å². The molecule has 44 heavy (non-hydrogen) atoms. The minimum atomic E-state index is -4.93. The van der Waals surface area contributed by atoms with Crippen molar-refractivity contribution >= 4 is 59.5 Å². The lowest BCUT2D eigenvalue weighted by Gasteiger charge is -2.21. The first-order valence-corrected chi connectivity index (χ1v) is 17.2. The molecule has 0 aliphatic rings. The van der Waals surface area contributed by atoms with E-state index in [0.29, 0.717) is 27.5 Å². The predicted octanol–water partition coefficient (Wildman–Crippen LogP) is 5.02. The van der Waals surface area contributed by atoms with Crippen molar-refractivity contribution in [2.45, 2.75) is 37.5 Å². The van der Waals surface area contributed by atoms with Crippen LogP contribution in [0, 0.1) is 0 Å². The number of nitrogens with zero attached hydrogens (tertiary/aromatic N) is 2. The molecule has 0 saturated heterocycles. The largest absolute Gasteiger partial charge is 0.465 e. The van der Waals surface area contributed by atoms with Gasteiger partial charge < -0.3 is 20.2 Å². The van der Waals surface area contributed by atoms with Gasteiger partial charge in [0.1, 0.15) is 4.90 Å². The fourth-order valence-electron chi connectivity index (χ4n) is 5.26. The summed E-state index contributed by atoms with van der Waals surface area (Å²) >= 11 is 0. The number of fused-ring (bicyclic) bond motifs is 2. The Kier molecular flexibility index (Phi) is 9.98. The highest BCUT2D eigenvalue weighted by Crippen LogP contribution is 2.42. The minimum absolute atomic E-state index is 0.0935. The van der Waals surface area contributed by atoms with Gasteiger partial charge in [0, 0.05) is 61.8 Å². The van der Waals surface area contributed by atoms with Gasteiger partial charge in [-0.1, -0.05) is 6.07 Å². The van der Waals surface area contributed by atoms with Gasteiger partial charge in [-0.05, 0) is 64.1 Å². The highest BCUT2D eigenvalue weighted by Gasteiger charge is 2.28. The fraction of sp³-hybridized carbons (Fsp3) is 0.333. The first-order valence-electron chi connectivity index (χ1n) is 14.3. The van der Waals surface area contributed by atoms with E-state index in [4.69, 9.17) is 9.52 Å². The molecule has 236 valence electrons. The molecule has 0 aliphatic carbocycles. The van der Waals surface area contributed by atoms with E-state index in [1.807, 2.05) is 69.4 Å². The lowest BCUT2D eigenvalue weighted by molar-refractivity contribution is 0.194. The molecule has 4 N–H and O–H groups in total. The van der Waals surface area contributed by atoms with Crippen molar-refractivity contribution in [1.29, 1.82) is 0 Å². The summed E-state index contributed by atoms with van der Waals surface area (Å²) in [5.74, 6) is 0. The molecule has 0 fully saturated rings. The smallest absolute Gasteiger partial charge is 0.404 e. The Morgan fingerprint density at radius 3 is 1.75 bits per heavy atom. The van der Waals surface area contributed by atoms with E-state index in [-0.39, 0.29) is 18.7 Å². The van der Waals surface area contributed by atoms with Crippen LogP contribution in [0.25, 0.3) is 33.1 Å². The maximum Gasteiger partial charge on any atom is 0.404 e. The number of carbonyl (C=O) groups is 1. The van der Waals surface area contributed by atoms with E-state index in [1.165, 1.54) is 12.1 Å². The lowest BCUT2D eigenvalue weighted by Crippen LogP contribution is -2.34. The summed E-state index contributed by atoms with van der Waals surface area (Å²) in [6.07, 6.45) is -1.32. The molecule has 0 radical (unpaired) electrons. The number of amides is 1. The van der Waals surface area contributed by atoms with Crippen molar-refractivity contribution in [1.82, 2.24) is 10.0 Å². The van der Waals surface area contributed by atoms with Crippen LogP contribution in [0.2, 0.25) is 0 Å². The SMILES string of the molecule is CCN(CC)c1ccc2c(-c3ccc(S(=O)(=O)NCCNC(=O)O)cc3S(=O)(=O)O)c3ccc(N(CC)CC)cc3[o+]c2c1. The monoisotopic (exact) mass is 645 g/mol. The molecular weight excluding hydrogens is 608 g/mol. The van der Waals surface area contributed by atoms with Crippen molar-refractivity contribution in [3.8, 4) is 11.1 Å². The summed E-state index contributed by atoms with van der Waals surface area (Å²) < 4.78 is 70.5. The second-order valence-electron chi connectivity index (χ2n) is 9.95. The molecule has 0 aliphatic heterocycles. The summed E-state index contributed by atoms with van der Waals surface area (Å²) in [6.45, 7) is 10.7. The van der Waals surface area contributed by atoms with Gasteiger partial charge in [-0.2, -0.15) is 8.42 Å². The van der Waals surface area contributed by atoms with Crippen LogP contribution in [-0.4, -0.2) is 71.9 Å². The summed E-state index contributed by atoms with van der Waals surface area (Å²) in [7, 11) is -9.18. The quantitative estimate of drug-likeness (QED) is 0.0671. The van der Waals surface area contributed by atoms with Crippen LogP contribution in [0.1, 0.15) is 27.7 Å². The average molecular weight is 646 g/mol. The van der Waals surface area contributed by atoms with Gasteiger partial charge in [-0.3, -0.25) is 4.55 Å². The zero-order chi connectivity index (χ0) is 32.2. The molecule has 4 aromatic rings. The van der Waals surface area contributed by atoms with E-state index in [0.717, 1.165) is 43.6 Å². The van der Waals surface area contributed by atoms with Crippen molar-refractivity contribution in [2.75, 3.05) is 49.1 Å². The second kappa shape index (κ2) is 13.3. The highest BCUT2D eigenvalue weighted by atomic mass is 32.2. The van der Waals surface area contributed by atoms with Crippen LogP contribution in [0.4, 0.5) is 16.2 Å². The van der Waals surface area contributed by atoms with Gasteiger partial charge >= 0.3 is 17.3 Å². The molecule has 1 aromatic heterocycles. The third kappa shape index (κ3) is 6.88. The number of rotatable bonds is 13. The molecule has 0 atom stereocenters. The highest BCUT2D eigenvalue weighted by molar-refractivity contribution is 7.89. The summed E-state index contributed by atoms with van der Waals surface area (Å²) in [5.41, 5.74) is 3.34. The van der Waals surface area contributed by atoms with Crippen LogP contribution >= 0.6 is 0 Å². The predicted molar refractivity (Wildman–Crippen MR) is 172 cm³/mol. The van der Waals surface area contributed by atoms with Gasteiger partial charge in [-0.25, -0.2) is 22.4 Å². The maximum absolute atomic E-state index is 13.0. The molecule has 12 nitrogen and oxygen atoms in total. The molecule has 0 spiro atoms. The van der Waals surface area contributed by atoms with E-state index < -0.39 is 36.0 Å². The molecule has 1 amide bonds. The van der Waals surface area contributed by atoms with Crippen molar-refractivity contribution in [3.05, 3.63) is 54.6 Å². The third-order valence-electron chi connectivity index (χ3n) is 7.45. The van der Waals surface area contributed by atoms with E-state index in [1.54, 1.807) is 0 Å². The maximum atomic E-state index is 13.0. The summed E-state index contributed by atoms with van der Waals surface area (Å²) in [4.78, 5) is 14.0. The number of hydrogen-bond donors (Lipinski definition) is 4. The van der Waals surface area contributed by atoms with Crippen LogP contribution in [0.5, 0.6) is 0 Å². The number of hydrogen-bond acceptors (Lipinski definition) is 7. The van der Waals surface area contributed by atoms with Crippen molar-refractivity contribution in [3.63, 3.8) is 0 Å². The summed E-state index contributed by atoms with van der Waals surface area (Å²) in [5, 5.41) is 11.9. The van der Waals surface area contributed by atoms with Gasteiger partial charge in [0.25, 0.3) is 10.1 Å². The Bertz CT molecular complexity index is 1840. The van der Waals surface area contributed by atoms with E-state index in [2.05, 4.69) is 14.5 Å². The molecule has 0 bridgehead atoms. The minimum Gasteiger partial charge on any atom is -0.465 e. The molecule has 3 aromatic carbocycles. The lowest BCUT2D eigenvalue weighted by atomic mass is 9.96. The molecule has 1 heterocycles. The number of nitrogens with one attached hydrogen (secondary N) is 2. The van der Waals surface area contributed by atoms with Crippen LogP contribution in [0.15, 0.2) is 68.8 Å². The van der Waals surface area contributed by atoms with E-state index >= 15 is 0 Å². The number of carboxylic acid groups (broad SMARTS) is 1. The first-order chi connectivity index (χ1) is 20.8. The van der Waals surface area contributed by atoms with Gasteiger partial charge in [0.05, 0.1) is 27.8 Å². The number of anilines is 2. The first kappa shape index (κ1) is 32.9. The van der Waals surface area contributed by atoms with Gasteiger partial charge in [-0.15, -0.1) is 0 Å². The molecule has 14 heteroatoms. The Balaban J connectivity index is 1.99. The van der Waals surface area contributed by atoms with Crippen molar-refractivity contribution in [2.24, 2.45) is 0 Å². The average Bonchev–Trinajstić information content (AvgIpc) is 2.98. The topological polar surface area (TPSA) is 168 Å². The molecular formula is C30H37N4O8S2+.